The van der Waals surface area contributed by atoms with E-state index in [1.165, 1.54) is 4.68 Å². The molecule has 5 nitrogen and oxygen atoms in total. The van der Waals surface area contributed by atoms with E-state index in [4.69, 9.17) is 4.74 Å². The lowest BCUT2D eigenvalue weighted by atomic mass is 10.2. The fourth-order valence-corrected chi connectivity index (χ4v) is 2.83. The maximum atomic E-state index is 12.7. The smallest absolute Gasteiger partial charge is 0.282 e. The van der Waals surface area contributed by atoms with Gasteiger partial charge in [-0.2, -0.15) is 9.78 Å². The van der Waals surface area contributed by atoms with Crippen molar-refractivity contribution in [3.63, 3.8) is 0 Å². The third kappa shape index (κ3) is 4.02. The van der Waals surface area contributed by atoms with Gasteiger partial charge in [-0.1, -0.05) is 22.9 Å². The average molecular weight is 414 g/mol. The molecule has 0 amide bonds. The molecule has 6 heteroatoms. The summed E-state index contributed by atoms with van der Waals surface area (Å²) in [5.41, 5.74) is 1.35. The molecule has 3 aromatic rings. The highest BCUT2D eigenvalue weighted by molar-refractivity contribution is 9.10. The van der Waals surface area contributed by atoms with Crippen LogP contribution in [0.3, 0.4) is 0 Å². The molecule has 0 bridgehead atoms. The molecular formula is C20H20BrN3O2. The van der Waals surface area contributed by atoms with Gasteiger partial charge in [-0.25, -0.2) is 4.98 Å². The first-order chi connectivity index (χ1) is 12.5. The number of fused-ring (bicyclic) bond motifs is 1. The molecule has 0 radical (unpaired) electrons. The predicted molar refractivity (Wildman–Crippen MR) is 108 cm³/mol. The minimum absolute atomic E-state index is 0.179. The molecule has 0 fully saturated rings. The van der Waals surface area contributed by atoms with Crippen molar-refractivity contribution >= 4 is 33.0 Å². The largest absolute Gasteiger partial charge is 0.491 e. The molecule has 0 unspecified atom stereocenters. The van der Waals surface area contributed by atoms with Gasteiger partial charge in [0.25, 0.3) is 5.56 Å². The normalized spacial score (nSPS) is 12.6. The van der Waals surface area contributed by atoms with Gasteiger partial charge in [0.2, 0.25) is 0 Å². The Kier molecular flexibility index (Phi) is 5.52. The number of hydrogen-bond acceptors (Lipinski definition) is 4. The maximum absolute atomic E-state index is 12.7. The minimum Gasteiger partial charge on any atom is -0.491 e. The zero-order valence-electron chi connectivity index (χ0n) is 14.9. The van der Waals surface area contributed by atoms with Gasteiger partial charge < -0.3 is 4.74 Å². The van der Waals surface area contributed by atoms with Crippen LogP contribution in [-0.4, -0.2) is 22.0 Å². The number of benzene rings is 2. The van der Waals surface area contributed by atoms with Crippen LogP contribution in [0.25, 0.3) is 10.9 Å². The summed E-state index contributed by atoms with van der Waals surface area (Å²) in [4.78, 5) is 17.2. The molecule has 0 aliphatic heterocycles. The van der Waals surface area contributed by atoms with E-state index in [9.17, 15) is 4.79 Å². The number of hydrogen-bond donors (Lipinski definition) is 0. The van der Waals surface area contributed by atoms with Gasteiger partial charge >= 0.3 is 0 Å². The van der Waals surface area contributed by atoms with Crippen LogP contribution in [0.15, 0.2) is 56.8 Å². The standard InChI is InChI=1S/C20H20BrN3O2/c1-4-13(2)26-17-8-5-15(6-9-17)12-22-24-14(3)23-19-10-7-16(21)11-18(19)20(24)25/h5-13H,4H2,1-3H3/t13-/m0/s1. The third-order valence-corrected chi connectivity index (χ3v) is 4.58. The van der Waals surface area contributed by atoms with Gasteiger partial charge in [0.05, 0.1) is 23.2 Å². The lowest BCUT2D eigenvalue weighted by Crippen LogP contribution is -2.20. The number of rotatable bonds is 5. The van der Waals surface area contributed by atoms with E-state index in [-0.39, 0.29) is 11.7 Å². The van der Waals surface area contributed by atoms with Crippen LogP contribution in [0.4, 0.5) is 0 Å². The van der Waals surface area contributed by atoms with Crippen LogP contribution in [0.5, 0.6) is 5.75 Å². The molecule has 1 aromatic heterocycles. The molecule has 2 aromatic carbocycles. The van der Waals surface area contributed by atoms with Crippen LogP contribution in [-0.2, 0) is 0 Å². The second-order valence-electron chi connectivity index (χ2n) is 6.09. The molecule has 134 valence electrons. The first-order valence-electron chi connectivity index (χ1n) is 8.48. The lowest BCUT2D eigenvalue weighted by Gasteiger charge is -2.12. The highest BCUT2D eigenvalue weighted by atomic mass is 79.9. The zero-order valence-corrected chi connectivity index (χ0v) is 16.5. The van der Waals surface area contributed by atoms with E-state index in [2.05, 4.69) is 32.9 Å². The van der Waals surface area contributed by atoms with Crippen LogP contribution in [0, 0.1) is 6.92 Å². The number of halogens is 1. The summed E-state index contributed by atoms with van der Waals surface area (Å²) in [6, 6.07) is 13.1. The summed E-state index contributed by atoms with van der Waals surface area (Å²) in [5.74, 6) is 1.36. The van der Waals surface area contributed by atoms with Crippen LogP contribution in [0.2, 0.25) is 0 Å². The SMILES string of the molecule is CC[C@H](C)Oc1ccc(C=Nn2c(C)nc3ccc(Br)cc3c2=O)cc1. The summed E-state index contributed by atoms with van der Waals surface area (Å²) >= 11 is 3.39. The van der Waals surface area contributed by atoms with E-state index in [0.717, 1.165) is 22.2 Å². The van der Waals surface area contributed by atoms with Gasteiger partial charge in [0.1, 0.15) is 11.6 Å². The predicted octanol–water partition coefficient (Wildman–Crippen LogP) is 4.53. The second kappa shape index (κ2) is 7.83. The first kappa shape index (κ1) is 18.3. The van der Waals surface area contributed by atoms with E-state index in [1.54, 1.807) is 19.2 Å². The molecule has 0 aliphatic rings. The molecule has 0 aliphatic carbocycles. The van der Waals surface area contributed by atoms with Crippen molar-refractivity contribution in [1.82, 2.24) is 9.66 Å². The molecule has 0 spiro atoms. The Hall–Kier alpha value is -2.47. The van der Waals surface area contributed by atoms with E-state index < -0.39 is 0 Å². The number of nitrogens with zero attached hydrogens (tertiary/aromatic N) is 3. The van der Waals surface area contributed by atoms with Crippen molar-refractivity contribution in [3.8, 4) is 5.75 Å². The second-order valence-corrected chi connectivity index (χ2v) is 7.00. The summed E-state index contributed by atoms with van der Waals surface area (Å²) in [7, 11) is 0. The van der Waals surface area contributed by atoms with Gasteiger partial charge in [0, 0.05) is 4.47 Å². The zero-order chi connectivity index (χ0) is 18.7. The van der Waals surface area contributed by atoms with Gasteiger partial charge in [-0.3, -0.25) is 4.79 Å². The Balaban J connectivity index is 1.89. The van der Waals surface area contributed by atoms with E-state index in [1.807, 2.05) is 43.3 Å². The van der Waals surface area contributed by atoms with E-state index >= 15 is 0 Å². The van der Waals surface area contributed by atoms with Crippen molar-refractivity contribution in [2.75, 3.05) is 0 Å². The Morgan fingerprint density at radius 2 is 2.00 bits per heavy atom. The maximum Gasteiger partial charge on any atom is 0.282 e. The van der Waals surface area contributed by atoms with Gasteiger partial charge in [0.15, 0.2) is 0 Å². The van der Waals surface area contributed by atoms with Crippen LogP contribution < -0.4 is 10.3 Å². The Morgan fingerprint density at radius 3 is 2.69 bits per heavy atom. The highest BCUT2D eigenvalue weighted by Crippen LogP contribution is 2.16. The van der Waals surface area contributed by atoms with Crippen molar-refractivity contribution < 1.29 is 4.74 Å². The molecule has 26 heavy (non-hydrogen) atoms. The number of aryl methyl sites for hydroxylation is 1. The molecule has 0 saturated carbocycles. The summed E-state index contributed by atoms with van der Waals surface area (Å²) < 4.78 is 7.92. The quantitative estimate of drug-likeness (QED) is 0.577. The first-order valence-corrected chi connectivity index (χ1v) is 9.27. The molecular weight excluding hydrogens is 394 g/mol. The third-order valence-electron chi connectivity index (χ3n) is 4.08. The number of ether oxygens (including phenoxy) is 1. The van der Waals surface area contributed by atoms with Crippen molar-refractivity contribution in [2.24, 2.45) is 5.10 Å². The average Bonchev–Trinajstić information content (AvgIpc) is 2.63. The number of aromatic nitrogens is 2. The topological polar surface area (TPSA) is 56.5 Å². The lowest BCUT2D eigenvalue weighted by molar-refractivity contribution is 0.217. The summed E-state index contributed by atoms with van der Waals surface area (Å²) in [5, 5.41) is 4.85. The van der Waals surface area contributed by atoms with Crippen LogP contribution >= 0.6 is 15.9 Å². The Bertz CT molecular complexity index is 1010. The summed E-state index contributed by atoms with van der Waals surface area (Å²) in [6.07, 6.45) is 2.78. The van der Waals surface area contributed by atoms with Crippen molar-refractivity contribution in [3.05, 3.63) is 68.7 Å². The highest BCUT2D eigenvalue weighted by Gasteiger charge is 2.07. The fourth-order valence-electron chi connectivity index (χ4n) is 2.47. The van der Waals surface area contributed by atoms with Crippen molar-refractivity contribution in [2.45, 2.75) is 33.3 Å². The minimum atomic E-state index is -0.193. The molecule has 0 saturated heterocycles. The molecule has 0 N–H and O–H groups in total. The van der Waals surface area contributed by atoms with Gasteiger partial charge in [-0.05, 0) is 68.3 Å². The molecule has 1 heterocycles. The Morgan fingerprint density at radius 1 is 1.27 bits per heavy atom. The summed E-state index contributed by atoms with van der Waals surface area (Å²) in [6.45, 7) is 5.89. The molecule has 3 rings (SSSR count). The Labute approximate surface area is 160 Å². The van der Waals surface area contributed by atoms with Crippen molar-refractivity contribution in [1.29, 1.82) is 0 Å². The molecule has 1 atom stereocenters. The van der Waals surface area contributed by atoms with E-state index in [0.29, 0.717) is 16.7 Å². The fraction of sp³-hybridized carbons (Fsp3) is 0.250. The van der Waals surface area contributed by atoms with Crippen LogP contribution in [0.1, 0.15) is 31.7 Å². The monoisotopic (exact) mass is 413 g/mol. The van der Waals surface area contributed by atoms with Gasteiger partial charge in [-0.15, -0.1) is 0 Å².